The normalized spacial score (nSPS) is 32.5. The van der Waals surface area contributed by atoms with Gasteiger partial charge in [-0.15, -0.1) is 19.3 Å². The maximum Gasteiger partial charge on any atom is 0.475 e. The second-order valence-electron chi connectivity index (χ2n) is 37.5. The quantitative estimate of drug-likeness (QED) is 0.0238. The van der Waals surface area contributed by atoms with Crippen LogP contribution in [0.3, 0.4) is 0 Å². The molecule has 0 aliphatic carbocycles. The molecule has 143 heavy (non-hydrogen) atoms. The molecule has 2 aromatic rings. The van der Waals surface area contributed by atoms with Gasteiger partial charge in [-0.3, -0.25) is 121 Å². The number of ether oxygens (including phenoxy) is 11. The van der Waals surface area contributed by atoms with Gasteiger partial charge in [-0.1, -0.05) is 24.7 Å². The van der Waals surface area contributed by atoms with Gasteiger partial charge in [-0.2, -0.15) is 0 Å². The molecule has 788 valence electrons. The predicted molar refractivity (Wildman–Crippen MR) is 491 cm³/mol. The number of ketones is 3. The zero-order valence-corrected chi connectivity index (χ0v) is 86.1. The van der Waals surface area contributed by atoms with E-state index in [9.17, 15) is 80.6 Å². The Hall–Kier alpha value is -9.93. The number of nitrogen functional groups attached to an aromatic ring is 1. The number of likely N-dealkylation sites (N-methyl/N-ethyl adjacent to an activating group) is 1. The van der Waals surface area contributed by atoms with E-state index in [2.05, 4.69) is 27.7 Å². The SMILES string of the molecule is C#C[C@]1(C)[C@@H]2O[P@@](=O)(OCC(CC(=O)OC(C)C)N(C)C(=O)OC(C)(C)C)OC[C@H]2O[C@H]1N1C=CC(=O)CC1=O.C#C[C@]1(C)[C@@H]2O[P@@](=O)(OCC[C@@H](OC(C)=O)C(=O)OC(C)C)OC[C@H]2O[C@H]1N1C=CC(=O)CC1=O.C#C[C@]1(C)[C@@H]2O[P@](=O)(OCC[C@@H](OC(C)=O)C(=O)OC(C)C)OC[C@H]2O[C@H]1N1C=CC(=O)CC1=O.CC(C)OC(=O)[C@@H](C)CCO[P@]1(=O)OC[C@H]2O[C@@H](n3cnc4c(N)ccnc43)[C@](C)(N)[C@@H]2O1. The molecule has 0 radical (unpaired) electrons. The first-order chi connectivity index (χ1) is 66.8. The number of fused-ring (bicyclic) bond motifs is 5. The van der Waals surface area contributed by atoms with Crippen LogP contribution in [0.4, 0.5) is 10.5 Å². The highest BCUT2D eigenvalue weighted by Crippen LogP contribution is 2.64. The number of hydrogen-bond acceptors (Lipinski definition) is 44. The van der Waals surface area contributed by atoms with Gasteiger partial charge in [-0.25, -0.2) is 42.6 Å². The van der Waals surface area contributed by atoms with Crippen molar-refractivity contribution in [2.24, 2.45) is 27.9 Å². The van der Waals surface area contributed by atoms with Crippen molar-refractivity contribution < 1.29 is 187 Å². The first kappa shape index (κ1) is 115. The number of hydrogen-bond donors (Lipinski definition) is 2. The van der Waals surface area contributed by atoms with E-state index in [-0.39, 0.29) is 114 Å². The number of imidazole rings is 1. The second kappa shape index (κ2) is 47.3. The van der Waals surface area contributed by atoms with Gasteiger partial charge in [0.05, 0.1) is 132 Å². The molecule has 0 aromatic carbocycles. The minimum atomic E-state index is -4.29. The lowest BCUT2D eigenvalue weighted by molar-refractivity contribution is -0.170. The summed E-state index contributed by atoms with van der Waals surface area (Å²) in [7, 11) is -15.1. The van der Waals surface area contributed by atoms with E-state index < -0.39 is 235 Å². The van der Waals surface area contributed by atoms with E-state index in [0.717, 1.165) is 18.7 Å². The summed E-state index contributed by atoms with van der Waals surface area (Å²) in [6.45, 7) is 27.4. The van der Waals surface area contributed by atoms with Crippen LogP contribution in [-0.4, -0.2) is 292 Å². The van der Waals surface area contributed by atoms with E-state index in [0.29, 0.717) is 23.3 Å². The molecular formula is C90H123N9O40P4. The first-order valence-corrected chi connectivity index (χ1v) is 51.5. The highest BCUT2D eigenvalue weighted by Gasteiger charge is 2.66. The number of phosphoric acid groups is 4. The fraction of sp³-hybridized carbons (Fsp3) is 0.656. The van der Waals surface area contributed by atoms with Crippen LogP contribution in [-0.2, 0) is 182 Å². The first-order valence-electron chi connectivity index (χ1n) is 45.6. The van der Waals surface area contributed by atoms with Crippen molar-refractivity contribution in [3.05, 3.63) is 55.4 Å². The lowest BCUT2D eigenvalue weighted by atomic mass is 9.82. The molecule has 0 spiro atoms. The van der Waals surface area contributed by atoms with Gasteiger partial charge in [-0.05, 0) is 135 Å². The Morgan fingerprint density at radius 2 is 0.860 bits per heavy atom. The van der Waals surface area contributed by atoms with E-state index in [1.165, 1.54) is 58.6 Å². The molecular weight excluding hydrogens is 1970 g/mol. The molecule has 1 unspecified atom stereocenters. The van der Waals surface area contributed by atoms with Gasteiger partial charge < -0.3 is 68.5 Å². The minimum absolute atomic E-state index is 0.00997. The summed E-state index contributed by atoms with van der Waals surface area (Å²) in [5.74, 6) is 0.909. The molecule has 0 saturated carbocycles. The number of carbonyl (C=O) groups excluding carboxylic acids is 13. The monoisotopic (exact) mass is 2090 g/mol. The molecule has 11 aliphatic rings. The van der Waals surface area contributed by atoms with Crippen LogP contribution in [0.1, 0.15) is 176 Å². The smallest absolute Gasteiger partial charge is 0.463 e. The maximum atomic E-state index is 13.6. The summed E-state index contributed by atoms with van der Waals surface area (Å²) in [6, 6.07) is 0.710. The third kappa shape index (κ3) is 28.3. The van der Waals surface area contributed by atoms with E-state index in [1.54, 1.807) is 134 Å². The number of carbonyl (C=O) groups is 13. The van der Waals surface area contributed by atoms with Gasteiger partial charge in [0.1, 0.15) is 76.2 Å². The van der Waals surface area contributed by atoms with Crippen LogP contribution in [0.5, 0.6) is 0 Å². The van der Waals surface area contributed by atoms with Crippen LogP contribution in [0.15, 0.2) is 55.4 Å². The standard InChI is InChI=1S/C26H37N2O11P.2C22H28NO11P.C20H30N5O7P/c1-9-26(7)22-19(37-23(26)28-11-10-18(29)13-20(28)30)15-35-40(33,39-22)34-14-17(12-21(31)36-16(2)3)27(8)24(32)38-25(4,5)6;2*1-6-22(5)19-17(33-21(22)23-9-7-15(25)11-18(23)26)12-30-35(28,34-19)29-10-8-16(32-14(4)24)20(27)31-13(2)3;1-11(2)30-18(26)12(3)6-8-28-33(27)29-9-14-16(32-33)20(4,22)19(31-14)25-10-24-15-13(21)5-7-23-17(15)25/h1,10-11,16-17,19,22-23H,12-15H2,2-8H3;2*1,7,9,13,16-17,19,21H,8,10-12H2,2-5H3;5,7,10-12,14,16,19H,6,8-9,22H2,1-4H3,(H2,21,23)/t17?,19-,22-,23-,26-,40+;16-,17-,19-,21-,22-,35+;16-,17-,19-,21-,22-,35-;12-,14+,16+,19+,20+,33+/m1110/s1. The lowest BCUT2D eigenvalue weighted by Crippen LogP contribution is -2.54. The number of aromatic nitrogens is 3. The summed E-state index contributed by atoms with van der Waals surface area (Å²) in [6.07, 6.45) is 11.8. The Balaban J connectivity index is 0.000000196. The average Bonchev–Trinajstić information content (AvgIpc) is 1.58. The lowest BCUT2D eigenvalue weighted by Gasteiger charge is -2.38. The Labute approximate surface area is 825 Å². The number of nitrogens with two attached hydrogens (primary N) is 2. The molecule has 53 heteroatoms. The summed E-state index contributed by atoms with van der Waals surface area (Å²) in [4.78, 5) is 170. The van der Waals surface area contributed by atoms with Crippen LogP contribution in [0, 0.1) is 59.2 Å². The summed E-state index contributed by atoms with van der Waals surface area (Å²) in [5.41, 5.74) is 8.43. The highest BCUT2D eigenvalue weighted by molar-refractivity contribution is 7.49. The van der Waals surface area contributed by atoms with E-state index in [4.69, 9.17) is 137 Å². The molecule has 13 heterocycles. The zero-order valence-electron chi connectivity index (χ0n) is 82.5. The number of pyridine rings is 1. The number of terminal acetylenes is 3. The van der Waals surface area contributed by atoms with Gasteiger partial charge >= 0.3 is 73.2 Å². The van der Waals surface area contributed by atoms with Crippen molar-refractivity contribution in [2.45, 2.75) is 297 Å². The van der Waals surface area contributed by atoms with Gasteiger partial charge in [0, 0.05) is 58.5 Å². The molecule has 8 saturated heterocycles. The maximum absolute atomic E-state index is 13.6. The van der Waals surface area contributed by atoms with Crippen molar-refractivity contribution in [1.82, 2.24) is 34.1 Å². The summed E-state index contributed by atoms with van der Waals surface area (Å²) < 4.78 is 181. The number of esters is 6. The van der Waals surface area contributed by atoms with Crippen molar-refractivity contribution in [1.29, 1.82) is 0 Å². The number of phosphoric ester groups is 4. The summed E-state index contributed by atoms with van der Waals surface area (Å²) >= 11 is 0. The Kier molecular flexibility index (Phi) is 38.0. The molecule has 4 amide bonds. The van der Waals surface area contributed by atoms with Crippen LogP contribution >= 0.6 is 31.3 Å². The number of amides is 4. The zero-order chi connectivity index (χ0) is 106. The highest BCUT2D eigenvalue weighted by atomic mass is 31.2. The summed E-state index contributed by atoms with van der Waals surface area (Å²) in [5, 5.41) is 0. The molecule has 49 nitrogen and oxygen atoms in total. The second-order valence-corrected chi connectivity index (χ2v) is 44.0. The van der Waals surface area contributed by atoms with E-state index >= 15 is 0 Å². The predicted octanol–water partition coefficient (Wildman–Crippen LogP) is 7.89. The molecule has 8 fully saturated rings. The molecule has 24 atom stereocenters. The molecule has 2 aromatic heterocycles. The van der Waals surface area contributed by atoms with Crippen LogP contribution in [0.25, 0.3) is 11.2 Å². The molecule has 13 rings (SSSR count). The topological polar surface area (TPSA) is 598 Å². The van der Waals surface area contributed by atoms with Gasteiger partial charge in [0.15, 0.2) is 47.9 Å². The van der Waals surface area contributed by atoms with Crippen molar-refractivity contribution in [3.8, 4) is 37.0 Å². The Morgan fingerprint density at radius 3 is 1.22 bits per heavy atom. The number of anilines is 1. The number of allylic oxidation sites excluding steroid dienone is 3. The van der Waals surface area contributed by atoms with Crippen molar-refractivity contribution >= 4 is 125 Å². The van der Waals surface area contributed by atoms with Crippen LogP contribution < -0.4 is 11.5 Å². The third-order valence-corrected chi connectivity index (χ3v) is 29.0. The largest absolute Gasteiger partial charge is 0.475 e. The van der Waals surface area contributed by atoms with Crippen molar-refractivity contribution in [2.75, 3.05) is 65.6 Å². The fourth-order valence-electron chi connectivity index (χ4n) is 16.0. The van der Waals surface area contributed by atoms with Crippen molar-refractivity contribution in [3.63, 3.8) is 0 Å². The molecule has 11 aliphatic heterocycles. The minimum Gasteiger partial charge on any atom is -0.463 e. The van der Waals surface area contributed by atoms with Gasteiger partial charge in [0.2, 0.25) is 29.9 Å². The Bertz CT molecular complexity index is 5380. The van der Waals surface area contributed by atoms with E-state index in [1.807, 2.05) is 0 Å². The third-order valence-electron chi connectivity index (χ3n) is 23.2. The Morgan fingerprint density at radius 1 is 0.510 bits per heavy atom. The molecule has 4 N–H and O–H groups in total. The number of nitrogens with zero attached hydrogens (tertiary/aromatic N) is 7. The van der Waals surface area contributed by atoms with Crippen LogP contribution in [0.2, 0.25) is 0 Å². The number of rotatable bonds is 31. The fourth-order valence-corrected chi connectivity index (χ4v) is 22.0. The van der Waals surface area contributed by atoms with Gasteiger partial charge in [0.25, 0.3) is 0 Å². The average molecular weight is 2090 g/mol. The molecule has 0 bridgehead atoms.